The van der Waals surface area contributed by atoms with Crippen LogP contribution in [0.3, 0.4) is 0 Å². The fraction of sp³-hybridized carbons (Fsp3) is 0.462. The summed E-state index contributed by atoms with van der Waals surface area (Å²) in [6.07, 6.45) is 2.14. The Labute approximate surface area is 116 Å². The Morgan fingerprint density at radius 2 is 2.15 bits per heavy atom. The molecule has 0 radical (unpaired) electrons. The number of hydrogen-bond donors (Lipinski definition) is 1. The standard InChI is InChI=1S/C13H18N2O5/c1-15(9-12(17)19-2)11(16)6-3-7-14-13(18)10-5-4-8-20-10/h4-5,8H,3,6-7,9H2,1-2H3,(H,14,18). The van der Waals surface area contributed by atoms with Crippen molar-refractivity contribution in [3.63, 3.8) is 0 Å². The van der Waals surface area contributed by atoms with E-state index in [-0.39, 0.29) is 30.5 Å². The summed E-state index contributed by atoms with van der Waals surface area (Å²) in [5.74, 6) is -0.723. The number of rotatable bonds is 7. The van der Waals surface area contributed by atoms with Crippen LogP contribution in [0.1, 0.15) is 23.4 Å². The average Bonchev–Trinajstić information content (AvgIpc) is 2.96. The van der Waals surface area contributed by atoms with Crippen molar-refractivity contribution in [2.45, 2.75) is 12.8 Å². The summed E-state index contributed by atoms with van der Waals surface area (Å²) in [4.78, 5) is 35.4. The minimum Gasteiger partial charge on any atom is -0.468 e. The zero-order valence-electron chi connectivity index (χ0n) is 11.5. The number of ether oxygens (including phenoxy) is 1. The predicted molar refractivity (Wildman–Crippen MR) is 69.9 cm³/mol. The second-order valence-corrected chi connectivity index (χ2v) is 4.16. The number of carbonyl (C=O) groups excluding carboxylic acids is 3. The van der Waals surface area contributed by atoms with E-state index in [0.29, 0.717) is 13.0 Å². The zero-order valence-corrected chi connectivity index (χ0v) is 11.5. The molecule has 7 heteroatoms. The van der Waals surface area contributed by atoms with E-state index in [1.165, 1.54) is 25.3 Å². The Morgan fingerprint density at radius 1 is 1.40 bits per heavy atom. The lowest BCUT2D eigenvalue weighted by Gasteiger charge is -2.15. The van der Waals surface area contributed by atoms with E-state index in [4.69, 9.17) is 4.42 Å². The fourth-order valence-electron chi connectivity index (χ4n) is 1.47. The molecule has 0 bridgehead atoms. The molecule has 0 aromatic carbocycles. The molecule has 0 aliphatic heterocycles. The van der Waals surface area contributed by atoms with Gasteiger partial charge in [-0.15, -0.1) is 0 Å². The summed E-state index contributed by atoms with van der Waals surface area (Å²) < 4.78 is 9.40. The zero-order chi connectivity index (χ0) is 15.0. The van der Waals surface area contributed by atoms with E-state index in [1.54, 1.807) is 12.1 Å². The molecule has 1 heterocycles. The van der Waals surface area contributed by atoms with Gasteiger partial charge < -0.3 is 19.4 Å². The molecule has 0 saturated carbocycles. The van der Waals surface area contributed by atoms with Gasteiger partial charge in [0.05, 0.1) is 13.4 Å². The fourth-order valence-corrected chi connectivity index (χ4v) is 1.47. The Balaban J connectivity index is 2.19. The third-order valence-corrected chi connectivity index (χ3v) is 2.62. The quantitative estimate of drug-likeness (QED) is 0.578. The van der Waals surface area contributed by atoms with Crippen LogP contribution in [0.15, 0.2) is 22.8 Å². The predicted octanol–water partition coefficient (Wildman–Crippen LogP) is 0.421. The minimum atomic E-state index is -0.466. The molecule has 1 aromatic rings. The molecule has 0 spiro atoms. The van der Waals surface area contributed by atoms with Gasteiger partial charge in [0.1, 0.15) is 6.54 Å². The molecule has 1 aromatic heterocycles. The van der Waals surface area contributed by atoms with Gasteiger partial charge in [-0.3, -0.25) is 14.4 Å². The van der Waals surface area contributed by atoms with E-state index in [0.717, 1.165) is 0 Å². The number of hydrogen-bond acceptors (Lipinski definition) is 5. The van der Waals surface area contributed by atoms with Gasteiger partial charge in [-0.1, -0.05) is 0 Å². The number of amides is 2. The SMILES string of the molecule is COC(=O)CN(C)C(=O)CCCNC(=O)c1ccco1. The summed E-state index contributed by atoms with van der Waals surface area (Å²) >= 11 is 0. The maximum absolute atomic E-state index is 11.7. The maximum atomic E-state index is 11.7. The highest BCUT2D eigenvalue weighted by atomic mass is 16.5. The first kappa shape index (κ1) is 15.7. The lowest BCUT2D eigenvalue weighted by atomic mass is 10.2. The van der Waals surface area contributed by atoms with Gasteiger partial charge in [-0.05, 0) is 18.6 Å². The lowest BCUT2D eigenvalue weighted by molar-refractivity contribution is -0.146. The molecule has 0 unspecified atom stereocenters. The molecule has 1 N–H and O–H groups in total. The van der Waals surface area contributed by atoms with Crippen LogP contribution in [0, 0.1) is 0 Å². The smallest absolute Gasteiger partial charge is 0.325 e. The van der Waals surface area contributed by atoms with Crippen LogP contribution in [0.25, 0.3) is 0 Å². The van der Waals surface area contributed by atoms with Crippen LogP contribution in [0.4, 0.5) is 0 Å². The monoisotopic (exact) mass is 282 g/mol. The van der Waals surface area contributed by atoms with Crippen molar-refractivity contribution < 1.29 is 23.5 Å². The number of furan rings is 1. The molecular formula is C13H18N2O5. The van der Waals surface area contributed by atoms with Gasteiger partial charge in [-0.25, -0.2) is 0 Å². The summed E-state index contributed by atoms with van der Waals surface area (Å²) in [5, 5.41) is 2.64. The van der Waals surface area contributed by atoms with Crippen LogP contribution < -0.4 is 5.32 Å². The first-order valence-corrected chi connectivity index (χ1v) is 6.17. The lowest BCUT2D eigenvalue weighted by Crippen LogP contribution is -2.33. The normalized spacial score (nSPS) is 9.90. The Kier molecular flexibility index (Phi) is 6.28. The van der Waals surface area contributed by atoms with Gasteiger partial charge in [0, 0.05) is 20.0 Å². The second-order valence-electron chi connectivity index (χ2n) is 4.16. The summed E-state index contributed by atoms with van der Waals surface area (Å²) in [7, 11) is 2.80. The molecule has 0 aliphatic rings. The minimum absolute atomic E-state index is 0.0753. The Bertz CT molecular complexity index is 455. The van der Waals surface area contributed by atoms with Crippen molar-refractivity contribution in [1.82, 2.24) is 10.2 Å². The molecule has 0 saturated heterocycles. The van der Waals surface area contributed by atoms with Crippen LogP contribution in [-0.4, -0.2) is 49.9 Å². The first-order valence-electron chi connectivity index (χ1n) is 6.17. The third-order valence-electron chi connectivity index (χ3n) is 2.62. The molecule has 20 heavy (non-hydrogen) atoms. The largest absolute Gasteiger partial charge is 0.468 e. The summed E-state index contributed by atoms with van der Waals surface area (Å²) in [5.41, 5.74) is 0. The van der Waals surface area contributed by atoms with Crippen LogP contribution in [-0.2, 0) is 14.3 Å². The molecule has 0 aliphatic carbocycles. The van der Waals surface area contributed by atoms with Gasteiger partial charge in [0.25, 0.3) is 5.91 Å². The van der Waals surface area contributed by atoms with Crippen molar-refractivity contribution >= 4 is 17.8 Å². The van der Waals surface area contributed by atoms with Gasteiger partial charge in [-0.2, -0.15) is 0 Å². The number of carbonyl (C=O) groups is 3. The molecular weight excluding hydrogens is 264 g/mol. The van der Waals surface area contributed by atoms with Crippen molar-refractivity contribution in [1.29, 1.82) is 0 Å². The van der Waals surface area contributed by atoms with Crippen LogP contribution in [0.5, 0.6) is 0 Å². The van der Waals surface area contributed by atoms with E-state index in [9.17, 15) is 14.4 Å². The highest BCUT2D eigenvalue weighted by molar-refractivity contribution is 5.91. The van der Waals surface area contributed by atoms with E-state index >= 15 is 0 Å². The van der Waals surface area contributed by atoms with Crippen molar-refractivity contribution in [2.24, 2.45) is 0 Å². The van der Waals surface area contributed by atoms with Crippen molar-refractivity contribution in [3.05, 3.63) is 24.2 Å². The van der Waals surface area contributed by atoms with E-state index in [1.807, 2.05) is 0 Å². The molecule has 110 valence electrons. The highest BCUT2D eigenvalue weighted by Crippen LogP contribution is 2.00. The number of methoxy groups -OCH3 is 1. The van der Waals surface area contributed by atoms with Gasteiger partial charge in [0.15, 0.2) is 5.76 Å². The number of nitrogens with one attached hydrogen (secondary N) is 1. The first-order chi connectivity index (χ1) is 9.54. The maximum Gasteiger partial charge on any atom is 0.325 e. The molecule has 0 fully saturated rings. The average molecular weight is 282 g/mol. The topological polar surface area (TPSA) is 88.9 Å². The number of nitrogens with zero attached hydrogens (tertiary/aromatic N) is 1. The summed E-state index contributed by atoms with van der Waals surface area (Å²) in [6.45, 7) is 0.283. The Morgan fingerprint density at radius 3 is 2.75 bits per heavy atom. The molecule has 1 rings (SSSR count). The molecule has 0 atom stereocenters. The Hall–Kier alpha value is -2.31. The highest BCUT2D eigenvalue weighted by Gasteiger charge is 2.13. The van der Waals surface area contributed by atoms with E-state index < -0.39 is 5.97 Å². The molecule has 7 nitrogen and oxygen atoms in total. The van der Waals surface area contributed by atoms with Crippen LogP contribution in [0.2, 0.25) is 0 Å². The third kappa shape index (κ3) is 5.13. The van der Waals surface area contributed by atoms with Gasteiger partial charge >= 0.3 is 5.97 Å². The van der Waals surface area contributed by atoms with Crippen LogP contribution >= 0.6 is 0 Å². The van der Waals surface area contributed by atoms with Crippen molar-refractivity contribution in [3.8, 4) is 0 Å². The number of esters is 1. The molecule has 2 amide bonds. The number of likely N-dealkylation sites (N-methyl/N-ethyl adjacent to an activating group) is 1. The summed E-state index contributed by atoms with van der Waals surface area (Å²) in [6, 6.07) is 3.19. The van der Waals surface area contributed by atoms with Gasteiger partial charge in [0.2, 0.25) is 5.91 Å². The van der Waals surface area contributed by atoms with Crippen molar-refractivity contribution in [2.75, 3.05) is 27.2 Å². The van der Waals surface area contributed by atoms with E-state index in [2.05, 4.69) is 10.1 Å². The second kappa shape index (κ2) is 7.98.